The first-order chi connectivity index (χ1) is 7.21. The molecule has 0 aromatic carbocycles. The highest BCUT2D eigenvalue weighted by atomic mass is 32.2. The molecule has 1 N–H and O–H groups in total. The molecule has 15 heavy (non-hydrogen) atoms. The number of thioether (sulfide) groups is 1. The molecule has 1 saturated heterocycles. The fraction of sp³-hybridized carbons (Fsp3) is 0.900. The van der Waals surface area contributed by atoms with E-state index in [1.54, 1.807) is 18.9 Å². The number of ether oxygens (including phenoxy) is 2. The van der Waals surface area contributed by atoms with Crippen molar-refractivity contribution < 1.29 is 19.4 Å². The Bertz CT molecular complexity index is 202. The molecule has 0 radical (unpaired) electrons. The Labute approximate surface area is 94.3 Å². The van der Waals surface area contributed by atoms with E-state index in [0.29, 0.717) is 26.1 Å². The number of carboxylic acid groups (broad SMARTS) is 1. The van der Waals surface area contributed by atoms with Crippen LogP contribution in [0.5, 0.6) is 0 Å². The SMILES string of the molecule is COCCCOC1(C(=O)O)CCSCC1. The van der Waals surface area contributed by atoms with Gasteiger partial charge < -0.3 is 14.6 Å². The van der Waals surface area contributed by atoms with Crippen LogP contribution in [0.15, 0.2) is 0 Å². The van der Waals surface area contributed by atoms with E-state index in [1.165, 1.54) is 0 Å². The molecule has 4 nitrogen and oxygen atoms in total. The molecule has 1 fully saturated rings. The number of hydrogen-bond acceptors (Lipinski definition) is 4. The number of carbonyl (C=O) groups is 1. The highest BCUT2D eigenvalue weighted by molar-refractivity contribution is 7.99. The summed E-state index contributed by atoms with van der Waals surface area (Å²) >= 11 is 1.79. The molecule has 0 amide bonds. The standard InChI is InChI=1S/C10H18O4S/c1-13-5-2-6-14-10(9(11)12)3-7-15-8-4-10/h2-8H2,1H3,(H,11,12). The second-order valence-electron chi connectivity index (χ2n) is 3.61. The van der Waals surface area contributed by atoms with E-state index in [1.807, 2.05) is 0 Å². The Morgan fingerprint density at radius 3 is 2.60 bits per heavy atom. The molecule has 0 aromatic heterocycles. The molecule has 0 aliphatic carbocycles. The Morgan fingerprint density at radius 2 is 2.07 bits per heavy atom. The van der Waals surface area contributed by atoms with Gasteiger partial charge >= 0.3 is 5.97 Å². The van der Waals surface area contributed by atoms with Crippen LogP contribution in [0.1, 0.15) is 19.3 Å². The van der Waals surface area contributed by atoms with Gasteiger partial charge in [0.15, 0.2) is 5.60 Å². The predicted molar refractivity (Wildman–Crippen MR) is 59.4 cm³/mol. The lowest BCUT2D eigenvalue weighted by molar-refractivity contribution is -0.167. The predicted octanol–water partition coefficient (Wildman–Crippen LogP) is 1.39. The molecule has 1 aliphatic heterocycles. The molecule has 0 aromatic rings. The summed E-state index contributed by atoms with van der Waals surface area (Å²) in [6, 6.07) is 0. The van der Waals surface area contributed by atoms with Crippen LogP contribution >= 0.6 is 11.8 Å². The van der Waals surface area contributed by atoms with Crippen LogP contribution in [0.2, 0.25) is 0 Å². The maximum Gasteiger partial charge on any atom is 0.336 e. The van der Waals surface area contributed by atoms with E-state index in [0.717, 1.165) is 17.9 Å². The summed E-state index contributed by atoms with van der Waals surface area (Å²) in [5.74, 6) is 0.924. The third-order valence-corrected chi connectivity index (χ3v) is 3.55. The van der Waals surface area contributed by atoms with Crippen molar-refractivity contribution in [3.63, 3.8) is 0 Å². The van der Waals surface area contributed by atoms with Gasteiger partial charge in [-0.3, -0.25) is 0 Å². The minimum absolute atomic E-state index is 0.463. The third-order valence-electron chi connectivity index (χ3n) is 2.56. The van der Waals surface area contributed by atoms with Crippen LogP contribution in [0.25, 0.3) is 0 Å². The Hall–Kier alpha value is -0.260. The van der Waals surface area contributed by atoms with Crippen LogP contribution in [0.3, 0.4) is 0 Å². The zero-order valence-electron chi connectivity index (χ0n) is 9.03. The molecule has 5 heteroatoms. The van der Waals surface area contributed by atoms with E-state index in [4.69, 9.17) is 9.47 Å². The summed E-state index contributed by atoms with van der Waals surface area (Å²) < 4.78 is 10.4. The lowest BCUT2D eigenvalue weighted by Gasteiger charge is -2.32. The van der Waals surface area contributed by atoms with Crippen LogP contribution in [0, 0.1) is 0 Å². The van der Waals surface area contributed by atoms with E-state index >= 15 is 0 Å². The summed E-state index contributed by atoms with van der Waals surface area (Å²) in [5.41, 5.74) is -0.932. The molecule has 0 atom stereocenters. The molecule has 0 unspecified atom stereocenters. The summed E-state index contributed by atoms with van der Waals surface area (Å²) in [6.07, 6.45) is 1.97. The van der Waals surface area contributed by atoms with E-state index in [9.17, 15) is 9.90 Å². The molecule has 0 saturated carbocycles. The van der Waals surface area contributed by atoms with Gasteiger partial charge in [-0.1, -0.05) is 0 Å². The van der Waals surface area contributed by atoms with Crippen LogP contribution in [-0.2, 0) is 14.3 Å². The fourth-order valence-electron chi connectivity index (χ4n) is 1.59. The molecule has 1 aliphatic rings. The highest BCUT2D eigenvalue weighted by Crippen LogP contribution is 2.30. The summed E-state index contributed by atoms with van der Waals surface area (Å²) in [6.45, 7) is 1.08. The first kappa shape index (κ1) is 12.8. The lowest BCUT2D eigenvalue weighted by atomic mass is 9.97. The molecular weight excluding hydrogens is 216 g/mol. The van der Waals surface area contributed by atoms with Crippen molar-refractivity contribution in [3.05, 3.63) is 0 Å². The fourth-order valence-corrected chi connectivity index (χ4v) is 2.74. The summed E-state index contributed by atoms with van der Waals surface area (Å²) in [4.78, 5) is 11.2. The summed E-state index contributed by atoms with van der Waals surface area (Å²) in [7, 11) is 1.63. The maximum atomic E-state index is 11.2. The van der Waals surface area contributed by atoms with Gasteiger partial charge in [-0.2, -0.15) is 11.8 Å². The van der Waals surface area contributed by atoms with Crippen LogP contribution < -0.4 is 0 Å². The maximum absolute atomic E-state index is 11.2. The number of rotatable bonds is 6. The Balaban J connectivity index is 2.39. The Morgan fingerprint density at radius 1 is 1.40 bits per heavy atom. The van der Waals surface area contributed by atoms with Crippen molar-refractivity contribution in [2.24, 2.45) is 0 Å². The van der Waals surface area contributed by atoms with Crippen molar-refractivity contribution in [3.8, 4) is 0 Å². The molecule has 1 heterocycles. The monoisotopic (exact) mass is 234 g/mol. The van der Waals surface area contributed by atoms with Gasteiger partial charge in [-0.25, -0.2) is 4.79 Å². The van der Waals surface area contributed by atoms with Crippen LogP contribution in [-0.4, -0.2) is 48.5 Å². The summed E-state index contributed by atoms with van der Waals surface area (Å²) in [5, 5.41) is 9.18. The van der Waals surface area contributed by atoms with E-state index in [-0.39, 0.29) is 0 Å². The topological polar surface area (TPSA) is 55.8 Å². The number of hydrogen-bond donors (Lipinski definition) is 1. The van der Waals surface area contributed by atoms with E-state index in [2.05, 4.69) is 0 Å². The smallest absolute Gasteiger partial charge is 0.336 e. The van der Waals surface area contributed by atoms with Gasteiger partial charge in [-0.05, 0) is 30.8 Å². The van der Waals surface area contributed by atoms with Gasteiger partial charge in [0.2, 0.25) is 0 Å². The first-order valence-electron chi connectivity index (χ1n) is 5.15. The lowest BCUT2D eigenvalue weighted by Crippen LogP contribution is -2.45. The van der Waals surface area contributed by atoms with Crippen molar-refractivity contribution in [2.45, 2.75) is 24.9 Å². The normalized spacial score (nSPS) is 20.1. The second kappa shape index (κ2) is 6.35. The molecule has 0 spiro atoms. The van der Waals surface area contributed by atoms with Gasteiger partial charge in [0.05, 0.1) is 6.61 Å². The zero-order chi connectivity index (χ0) is 11.1. The Kier molecular flexibility index (Phi) is 5.42. The van der Waals surface area contributed by atoms with E-state index < -0.39 is 11.6 Å². The quantitative estimate of drug-likeness (QED) is 0.704. The highest BCUT2D eigenvalue weighted by Gasteiger charge is 2.40. The minimum Gasteiger partial charge on any atom is -0.479 e. The second-order valence-corrected chi connectivity index (χ2v) is 4.83. The van der Waals surface area contributed by atoms with Crippen molar-refractivity contribution in [1.82, 2.24) is 0 Å². The average Bonchev–Trinajstić information content (AvgIpc) is 2.26. The number of aliphatic carboxylic acids is 1. The van der Waals surface area contributed by atoms with Crippen LogP contribution in [0.4, 0.5) is 0 Å². The molecule has 1 rings (SSSR count). The number of carboxylic acids is 1. The van der Waals surface area contributed by atoms with Crippen molar-refractivity contribution in [1.29, 1.82) is 0 Å². The van der Waals surface area contributed by atoms with Gasteiger partial charge in [0.25, 0.3) is 0 Å². The first-order valence-corrected chi connectivity index (χ1v) is 6.31. The molecule has 88 valence electrons. The van der Waals surface area contributed by atoms with Gasteiger partial charge in [0, 0.05) is 13.7 Å². The van der Waals surface area contributed by atoms with Gasteiger partial charge in [-0.15, -0.1) is 0 Å². The largest absolute Gasteiger partial charge is 0.479 e. The average molecular weight is 234 g/mol. The minimum atomic E-state index is -0.932. The molecule has 0 bridgehead atoms. The molecular formula is C10H18O4S. The van der Waals surface area contributed by atoms with Crippen molar-refractivity contribution >= 4 is 17.7 Å². The van der Waals surface area contributed by atoms with Crippen molar-refractivity contribution in [2.75, 3.05) is 31.8 Å². The third kappa shape index (κ3) is 3.66. The van der Waals surface area contributed by atoms with Gasteiger partial charge in [0.1, 0.15) is 0 Å². The zero-order valence-corrected chi connectivity index (χ0v) is 9.85. The number of methoxy groups -OCH3 is 1.